The molecule has 0 amide bonds. The summed E-state index contributed by atoms with van der Waals surface area (Å²) < 4.78 is 11.3. The summed E-state index contributed by atoms with van der Waals surface area (Å²) in [5, 5.41) is 0. The number of carbonyl (C=O) groups excluding carboxylic acids is 1. The summed E-state index contributed by atoms with van der Waals surface area (Å²) >= 11 is 2.53. The van der Waals surface area contributed by atoms with E-state index in [-0.39, 0.29) is 5.97 Å². The SMILES string of the molecule is C=CCOC(=O)CC.OS. The van der Waals surface area contributed by atoms with Crippen LogP contribution in [0.15, 0.2) is 12.7 Å². The van der Waals surface area contributed by atoms with Crippen molar-refractivity contribution in [1.82, 2.24) is 0 Å². The maximum absolute atomic E-state index is 10.3. The maximum Gasteiger partial charge on any atom is 0.305 e. The van der Waals surface area contributed by atoms with Crippen molar-refractivity contribution in [1.29, 1.82) is 0 Å². The quantitative estimate of drug-likeness (QED) is 0.288. The number of hydrogen-bond donors (Lipinski definition) is 2. The topological polar surface area (TPSA) is 46.5 Å². The van der Waals surface area contributed by atoms with Gasteiger partial charge in [0.25, 0.3) is 0 Å². The summed E-state index contributed by atoms with van der Waals surface area (Å²) in [6.07, 6.45) is 1.99. The van der Waals surface area contributed by atoms with E-state index in [1.54, 1.807) is 13.0 Å². The highest BCUT2D eigenvalue weighted by Gasteiger charge is 1.92. The summed E-state index contributed by atoms with van der Waals surface area (Å²) in [7, 11) is 0. The van der Waals surface area contributed by atoms with Crippen LogP contribution in [0, 0.1) is 0 Å². The van der Waals surface area contributed by atoms with Gasteiger partial charge in [-0.05, 0) is 12.9 Å². The molecular formula is C6H12O3S. The fraction of sp³-hybridized carbons (Fsp3) is 0.500. The van der Waals surface area contributed by atoms with Crippen LogP contribution in [0.5, 0.6) is 0 Å². The average molecular weight is 164 g/mol. The largest absolute Gasteiger partial charge is 0.461 e. The Bertz CT molecular complexity index is 93.0. The van der Waals surface area contributed by atoms with E-state index >= 15 is 0 Å². The highest BCUT2D eigenvalue weighted by Crippen LogP contribution is 1.82. The fourth-order valence-electron chi connectivity index (χ4n) is 0.254. The summed E-state index contributed by atoms with van der Waals surface area (Å²) in [5.74, 6) is -0.176. The molecule has 0 aromatic rings. The first-order chi connectivity index (χ1) is 4.81. The fourth-order valence-corrected chi connectivity index (χ4v) is 0.254. The van der Waals surface area contributed by atoms with Crippen LogP contribution in [0.2, 0.25) is 0 Å². The lowest BCUT2D eigenvalue weighted by Gasteiger charge is -1.94. The van der Waals surface area contributed by atoms with E-state index in [1.807, 2.05) is 0 Å². The van der Waals surface area contributed by atoms with Gasteiger partial charge in [0.15, 0.2) is 0 Å². The van der Waals surface area contributed by atoms with E-state index in [2.05, 4.69) is 24.2 Å². The van der Waals surface area contributed by atoms with Crippen molar-refractivity contribution < 1.29 is 14.1 Å². The molecule has 0 aromatic carbocycles. The van der Waals surface area contributed by atoms with Gasteiger partial charge in [-0.2, -0.15) is 0 Å². The predicted octanol–water partition coefficient (Wildman–Crippen LogP) is 1.51. The Morgan fingerprint density at radius 1 is 1.80 bits per heavy atom. The molecule has 0 bridgehead atoms. The lowest BCUT2D eigenvalue weighted by Crippen LogP contribution is -2.00. The van der Waals surface area contributed by atoms with Gasteiger partial charge in [-0.1, -0.05) is 19.6 Å². The third kappa shape index (κ3) is 10.5. The molecule has 0 aliphatic rings. The lowest BCUT2D eigenvalue weighted by molar-refractivity contribution is -0.141. The Hall–Kier alpha value is -0.480. The van der Waals surface area contributed by atoms with Gasteiger partial charge < -0.3 is 9.29 Å². The van der Waals surface area contributed by atoms with Crippen LogP contribution in [-0.2, 0) is 9.53 Å². The zero-order valence-electron chi connectivity index (χ0n) is 5.91. The van der Waals surface area contributed by atoms with E-state index in [1.165, 1.54) is 0 Å². The number of ether oxygens (including phenoxy) is 1. The van der Waals surface area contributed by atoms with Crippen molar-refractivity contribution in [3.8, 4) is 0 Å². The molecule has 3 nitrogen and oxygen atoms in total. The van der Waals surface area contributed by atoms with Crippen molar-refractivity contribution in [2.24, 2.45) is 0 Å². The molecule has 0 heterocycles. The van der Waals surface area contributed by atoms with Crippen molar-refractivity contribution in [3.63, 3.8) is 0 Å². The maximum atomic E-state index is 10.3. The van der Waals surface area contributed by atoms with Crippen molar-refractivity contribution in [2.45, 2.75) is 13.3 Å². The van der Waals surface area contributed by atoms with Crippen LogP contribution in [0.3, 0.4) is 0 Å². The minimum Gasteiger partial charge on any atom is -0.461 e. The number of esters is 1. The van der Waals surface area contributed by atoms with E-state index in [0.29, 0.717) is 13.0 Å². The molecule has 0 aliphatic heterocycles. The zero-order valence-corrected chi connectivity index (χ0v) is 6.80. The third-order valence-electron chi connectivity index (χ3n) is 0.651. The van der Waals surface area contributed by atoms with E-state index in [0.717, 1.165) is 0 Å². The smallest absolute Gasteiger partial charge is 0.305 e. The molecule has 0 rings (SSSR count). The molecule has 0 saturated carbocycles. The van der Waals surface area contributed by atoms with Gasteiger partial charge in [0.05, 0.1) is 0 Å². The molecule has 0 aliphatic carbocycles. The number of rotatable bonds is 3. The molecular weight excluding hydrogens is 152 g/mol. The molecule has 0 aromatic heterocycles. The monoisotopic (exact) mass is 164 g/mol. The number of thiol groups is 1. The molecule has 0 fully saturated rings. The minimum absolute atomic E-state index is 0.176. The molecule has 0 saturated heterocycles. The van der Waals surface area contributed by atoms with E-state index < -0.39 is 0 Å². The van der Waals surface area contributed by atoms with Gasteiger partial charge >= 0.3 is 5.97 Å². The average Bonchev–Trinajstić information content (AvgIpc) is 2.04. The van der Waals surface area contributed by atoms with Crippen molar-refractivity contribution in [3.05, 3.63) is 12.7 Å². The first-order valence-electron chi connectivity index (χ1n) is 2.77. The first-order valence-corrected chi connectivity index (χ1v) is 3.17. The van der Waals surface area contributed by atoms with Crippen LogP contribution in [-0.4, -0.2) is 17.1 Å². The molecule has 4 heteroatoms. The molecule has 10 heavy (non-hydrogen) atoms. The predicted molar refractivity (Wildman–Crippen MR) is 43.1 cm³/mol. The molecule has 0 radical (unpaired) electrons. The highest BCUT2D eigenvalue weighted by atomic mass is 32.1. The molecule has 0 unspecified atom stereocenters. The summed E-state index contributed by atoms with van der Waals surface area (Å²) in [6, 6.07) is 0. The van der Waals surface area contributed by atoms with Crippen LogP contribution < -0.4 is 0 Å². The van der Waals surface area contributed by atoms with Crippen molar-refractivity contribution in [2.75, 3.05) is 6.61 Å². The number of carbonyl (C=O) groups is 1. The van der Waals surface area contributed by atoms with Crippen LogP contribution in [0.1, 0.15) is 13.3 Å². The second-order valence-corrected chi connectivity index (χ2v) is 1.33. The van der Waals surface area contributed by atoms with Crippen molar-refractivity contribution >= 4 is 18.9 Å². The van der Waals surface area contributed by atoms with Gasteiger partial charge in [0.1, 0.15) is 6.61 Å². The molecule has 1 N–H and O–H groups in total. The van der Waals surface area contributed by atoms with Gasteiger partial charge in [0, 0.05) is 6.42 Å². The Morgan fingerprint density at radius 3 is 2.60 bits per heavy atom. The summed E-state index contributed by atoms with van der Waals surface area (Å²) in [4.78, 5) is 10.3. The number of hydrogen-bond acceptors (Lipinski definition) is 4. The van der Waals surface area contributed by atoms with Gasteiger partial charge in [-0.25, -0.2) is 0 Å². The molecule has 60 valence electrons. The van der Waals surface area contributed by atoms with Gasteiger partial charge in [-0.3, -0.25) is 4.79 Å². The standard InChI is InChI=1S/C6H10O2.H2OS/c1-3-5-8-6(7)4-2;1-2/h3H,1,4-5H2,2H3;1-2H. The van der Waals surface area contributed by atoms with Crippen LogP contribution in [0.25, 0.3) is 0 Å². The van der Waals surface area contributed by atoms with E-state index in [9.17, 15) is 4.79 Å². The molecule has 0 spiro atoms. The Balaban J connectivity index is 0. The summed E-state index contributed by atoms with van der Waals surface area (Å²) in [5.41, 5.74) is 0. The molecule has 0 atom stereocenters. The second kappa shape index (κ2) is 11.3. The highest BCUT2D eigenvalue weighted by molar-refractivity contribution is 7.74. The zero-order chi connectivity index (χ0) is 8.41. The van der Waals surface area contributed by atoms with Gasteiger partial charge in [0.2, 0.25) is 0 Å². The first kappa shape index (κ1) is 12.2. The Labute approximate surface area is 66.3 Å². The lowest BCUT2D eigenvalue weighted by atomic mass is 10.5. The Morgan fingerprint density at radius 2 is 2.30 bits per heavy atom. The van der Waals surface area contributed by atoms with Crippen LogP contribution in [0.4, 0.5) is 0 Å². The summed E-state index contributed by atoms with van der Waals surface area (Å²) in [6.45, 7) is 5.47. The van der Waals surface area contributed by atoms with E-state index in [4.69, 9.17) is 4.55 Å². The van der Waals surface area contributed by atoms with Gasteiger partial charge in [-0.15, -0.1) is 0 Å². The normalized spacial score (nSPS) is 7.10. The van der Waals surface area contributed by atoms with Crippen LogP contribution >= 0.6 is 12.9 Å². The minimum atomic E-state index is -0.176. The Kier molecular flexibility index (Phi) is 13.9. The second-order valence-electron chi connectivity index (χ2n) is 1.33. The third-order valence-corrected chi connectivity index (χ3v) is 0.651.